The van der Waals surface area contributed by atoms with E-state index in [2.05, 4.69) is 10.3 Å². The molecule has 0 fully saturated rings. The third-order valence-electron chi connectivity index (χ3n) is 3.67. The van der Waals surface area contributed by atoms with Gasteiger partial charge in [0.05, 0.1) is 11.0 Å². The molecule has 2 aromatic carbocycles. The summed E-state index contributed by atoms with van der Waals surface area (Å²) in [5.41, 5.74) is 3.63. The molecule has 1 N–H and O–H groups in total. The molecule has 0 unspecified atom stereocenters. The van der Waals surface area contributed by atoms with E-state index in [-0.39, 0.29) is 5.91 Å². The molecule has 1 aromatic heterocycles. The summed E-state index contributed by atoms with van der Waals surface area (Å²) in [5.74, 6) is -0.0665. The number of carbonyl (C=O) groups is 1. The summed E-state index contributed by atoms with van der Waals surface area (Å²) >= 11 is 0. The average molecular weight is 309 g/mol. The fourth-order valence-electron chi connectivity index (χ4n) is 2.46. The SMILES string of the molecule is COCCCNC(=O)c1ccc(-n2cnc3ccccc32)cc1. The lowest BCUT2D eigenvalue weighted by atomic mass is 10.2. The van der Waals surface area contributed by atoms with Crippen molar-refractivity contribution in [2.75, 3.05) is 20.3 Å². The third-order valence-corrected chi connectivity index (χ3v) is 3.67. The van der Waals surface area contributed by atoms with E-state index in [4.69, 9.17) is 4.74 Å². The number of para-hydroxylation sites is 2. The number of benzene rings is 2. The number of rotatable bonds is 6. The van der Waals surface area contributed by atoms with Crippen LogP contribution in [0.2, 0.25) is 0 Å². The fraction of sp³-hybridized carbons (Fsp3) is 0.222. The number of methoxy groups -OCH3 is 1. The molecule has 0 spiro atoms. The van der Waals surface area contributed by atoms with Crippen LogP contribution in [0, 0.1) is 0 Å². The van der Waals surface area contributed by atoms with E-state index in [1.54, 1.807) is 13.4 Å². The average Bonchev–Trinajstić information content (AvgIpc) is 3.03. The van der Waals surface area contributed by atoms with Crippen molar-refractivity contribution in [1.82, 2.24) is 14.9 Å². The quantitative estimate of drug-likeness (QED) is 0.712. The van der Waals surface area contributed by atoms with E-state index >= 15 is 0 Å². The molecule has 23 heavy (non-hydrogen) atoms. The van der Waals surface area contributed by atoms with Crippen molar-refractivity contribution >= 4 is 16.9 Å². The van der Waals surface area contributed by atoms with E-state index < -0.39 is 0 Å². The minimum absolute atomic E-state index is 0.0665. The first-order valence-electron chi connectivity index (χ1n) is 7.59. The van der Waals surface area contributed by atoms with E-state index in [1.165, 1.54) is 0 Å². The Balaban J connectivity index is 1.73. The van der Waals surface area contributed by atoms with Crippen molar-refractivity contribution in [3.05, 3.63) is 60.4 Å². The molecule has 118 valence electrons. The molecule has 1 amide bonds. The molecular formula is C18H19N3O2. The molecule has 0 aliphatic rings. The van der Waals surface area contributed by atoms with Crippen LogP contribution >= 0.6 is 0 Å². The highest BCUT2D eigenvalue weighted by atomic mass is 16.5. The Hall–Kier alpha value is -2.66. The lowest BCUT2D eigenvalue weighted by Crippen LogP contribution is -2.25. The summed E-state index contributed by atoms with van der Waals surface area (Å²) in [6, 6.07) is 15.5. The highest BCUT2D eigenvalue weighted by molar-refractivity contribution is 5.94. The first kappa shape index (κ1) is 15.2. The number of amides is 1. The maximum atomic E-state index is 12.0. The predicted octanol–water partition coefficient (Wildman–Crippen LogP) is 2.79. The van der Waals surface area contributed by atoms with Gasteiger partial charge in [0.1, 0.15) is 6.33 Å². The third kappa shape index (κ3) is 3.40. The number of imidazole rings is 1. The molecule has 0 radical (unpaired) electrons. The van der Waals surface area contributed by atoms with Crippen molar-refractivity contribution in [3.63, 3.8) is 0 Å². The number of nitrogens with zero attached hydrogens (tertiary/aromatic N) is 2. The Morgan fingerprint density at radius 1 is 1.17 bits per heavy atom. The van der Waals surface area contributed by atoms with Crippen LogP contribution in [0.4, 0.5) is 0 Å². The zero-order valence-electron chi connectivity index (χ0n) is 13.0. The second-order valence-corrected chi connectivity index (χ2v) is 5.25. The number of carbonyl (C=O) groups excluding carboxylic acids is 1. The van der Waals surface area contributed by atoms with Crippen molar-refractivity contribution in [1.29, 1.82) is 0 Å². The Bertz CT molecular complexity index is 793. The summed E-state index contributed by atoms with van der Waals surface area (Å²) in [5, 5.41) is 2.88. The van der Waals surface area contributed by atoms with E-state index in [1.807, 2.05) is 53.1 Å². The minimum Gasteiger partial charge on any atom is -0.385 e. The van der Waals surface area contributed by atoms with Gasteiger partial charge >= 0.3 is 0 Å². The highest BCUT2D eigenvalue weighted by Gasteiger charge is 2.07. The zero-order chi connectivity index (χ0) is 16.1. The Morgan fingerprint density at radius 2 is 1.96 bits per heavy atom. The van der Waals surface area contributed by atoms with Gasteiger partial charge in [-0.05, 0) is 42.8 Å². The number of ether oxygens (including phenoxy) is 1. The second kappa shape index (κ2) is 7.07. The van der Waals surface area contributed by atoms with Crippen molar-refractivity contribution in [3.8, 4) is 5.69 Å². The largest absolute Gasteiger partial charge is 0.385 e. The summed E-state index contributed by atoms with van der Waals surface area (Å²) in [4.78, 5) is 16.4. The highest BCUT2D eigenvalue weighted by Crippen LogP contribution is 2.18. The van der Waals surface area contributed by atoms with E-state index in [0.29, 0.717) is 18.7 Å². The van der Waals surface area contributed by atoms with Crippen LogP contribution in [0.1, 0.15) is 16.8 Å². The topological polar surface area (TPSA) is 56.1 Å². The van der Waals surface area contributed by atoms with Gasteiger partial charge < -0.3 is 10.1 Å². The lowest BCUT2D eigenvalue weighted by Gasteiger charge is -2.07. The van der Waals surface area contributed by atoms with Gasteiger partial charge in [-0.1, -0.05) is 12.1 Å². The maximum Gasteiger partial charge on any atom is 0.251 e. The molecule has 1 heterocycles. The molecule has 0 saturated heterocycles. The van der Waals surface area contributed by atoms with Crippen LogP contribution in [-0.2, 0) is 4.74 Å². The molecule has 0 saturated carbocycles. The molecule has 3 aromatic rings. The second-order valence-electron chi connectivity index (χ2n) is 5.25. The van der Waals surface area contributed by atoms with Crippen molar-refractivity contribution in [2.24, 2.45) is 0 Å². The maximum absolute atomic E-state index is 12.0. The number of fused-ring (bicyclic) bond motifs is 1. The number of nitrogens with one attached hydrogen (secondary N) is 1. The molecule has 5 nitrogen and oxygen atoms in total. The van der Waals surface area contributed by atoms with Crippen LogP contribution in [0.3, 0.4) is 0 Å². The van der Waals surface area contributed by atoms with Gasteiger partial charge in [0.2, 0.25) is 0 Å². The van der Waals surface area contributed by atoms with E-state index in [9.17, 15) is 4.79 Å². The molecule has 0 bridgehead atoms. The van der Waals surface area contributed by atoms with Crippen LogP contribution in [0.25, 0.3) is 16.7 Å². The smallest absolute Gasteiger partial charge is 0.251 e. The molecule has 3 rings (SSSR count). The van der Waals surface area contributed by atoms with E-state index in [0.717, 1.165) is 23.1 Å². The Labute approximate surface area is 134 Å². The normalized spacial score (nSPS) is 10.8. The summed E-state index contributed by atoms with van der Waals surface area (Å²) in [7, 11) is 1.65. The zero-order valence-corrected chi connectivity index (χ0v) is 13.0. The van der Waals surface area contributed by atoms with Gasteiger partial charge in [0, 0.05) is 31.5 Å². The summed E-state index contributed by atoms with van der Waals surface area (Å²) in [6.45, 7) is 1.26. The van der Waals surface area contributed by atoms with Gasteiger partial charge in [-0.2, -0.15) is 0 Å². The first-order valence-corrected chi connectivity index (χ1v) is 7.59. The van der Waals surface area contributed by atoms with Crippen LogP contribution < -0.4 is 5.32 Å². The predicted molar refractivity (Wildman–Crippen MR) is 89.9 cm³/mol. The van der Waals surface area contributed by atoms with Crippen molar-refractivity contribution < 1.29 is 9.53 Å². The standard InChI is InChI=1S/C18H19N3O2/c1-23-12-4-11-19-18(22)14-7-9-15(10-8-14)21-13-20-16-5-2-3-6-17(16)21/h2-3,5-10,13H,4,11-12H2,1H3,(H,19,22). The first-order chi connectivity index (χ1) is 11.3. The molecule has 0 aliphatic carbocycles. The van der Waals surface area contributed by atoms with Gasteiger partial charge in [0.25, 0.3) is 5.91 Å². The Kier molecular flexibility index (Phi) is 4.68. The van der Waals surface area contributed by atoms with Crippen molar-refractivity contribution in [2.45, 2.75) is 6.42 Å². The van der Waals surface area contributed by atoms with Crippen LogP contribution in [-0.4, -0.2) is 35.7 Å². The van der Waals surface area contributed by atoms with Crippen LogP contribution in [0.15, 0.2) is 54.9 Å². The van der Waals surface area contributed by atoms with Crippen LogP contribution in [0.5, 0.6) is 0 Å². The molecule has 0 atom stereocenters. The monoisotopic (exact) mass is 309 g/mol. The molecule has 5 heteroatoms. The number of aromatic nitrogens is 2. The Morgan fingerprint density at radius 3 is 2.74 bits per heavy atom. The fourth-order valence-corrected chi connectivity index (χ4v) is 2.46. The van der Waals surface area contributed by atoms with Gasteiger partial charge in [-0.25, -0.2) is 4.98 Å². The van der Waals surface area contributed by atoms with Gasteiger partial charge in [-0.3, -0.25) is 9.36 Å². The summed E-state index contributed by atoms with van der Waals surface area (Å²) < 4.78 is 6.97. The minimum atomic E-state index is -0.0665. The lowest BCUT2D eigenvalue weighted by molar-refractivity contribution is 0.0948. The molecule has 0 aliphatic heterocycles. The number of hydrogen-bond donors (Lipinski definition) is 1. The molecular weight excluding hydrogens is 290 g/mol. The summed E-state index contributed by atoms with van der Waals surface area (Å²) in [6.07, 6.45) is 2.60. The van der Waals surface area contributed by atoms with Gasteiger partial charge in [-0.15, -0.1) is 0 Å². The number of hydrogen-bond acceptors (Lipinski definition) is 3. The van der Waals surface area contributed by atoms with Gasteiger partial charge in [0.15, 0.2) is 0 Å².